The second-order valence-corrected chi connectivity index (χ2v) is 7.26. The number of sulfonamides is 1. The Morgan fingerprint density at radius 3 is 2.45 bits per heavy atom. The van der Waals surface area contributed by atoms with Crippen molar-refractivity contribution in [3.8, 4) is 0 Å². The van der Waals surface area contributed by atoms with Crippen LogP contribution in [0.4, 0.5) is 0 Å². The molecule has 1 aliphatic heterocycles. The summed E-state index contributed by atoms with van der Waals surface area (Å²) in [5.41, 5.74) is 0. The van der Waals surface area contributed by atoms with E-state index in [1.165, 1.54) is 4.31 Å². The molecular formula is C12H25N3O4S. The van der Waals surface area contributed by atoms with Gasteiger partial charge in [-0.05, 0) is 13.8 Å². The molecule has 0 radical (unpaired) electrons. The summed E-state index contributed by atoms with van der Waals surface area (Å²) in [4.78, 5) is 13.9. The molecule has 0 atom stereocenters. The van der Waals surface area contributed by atoms with Crippen LogP contribution >= 0.6 is 0 Å². The number of nitrogens with one attached hydrogen (secondary N) is 1. The van der Waals surface area contributed by atoms with Gasteiger partial charge in [-0.15, -0.1) is 0 Å². The van der Waals surface area contributed by atoms with Gasteiger partial charge in [-0.25, -0.2) is 8.42 Å². The van der Waals surface area contributed by atoms with Crippen LogP contribution in [0.25, 0.3) is 0 Å². The highest BCUT2D eigenvalue weighted by atomic mass is 32.2. The van der Waals surface area contributed by atoms with Gasteiger partial charge < -0.3 is 10.1 Å². The number of ether oxygens (including phenoxy) is 1. The standard InChI is InChI=1S/C12H25N3O4S/c1-11(2)13-12(16)10-15(20(3,17)18)5-4-14-6-8-19-9-7-14/h11H,4-10H2,1-3H3,(H,13,16). The van der Waals surface area contributed by atoms with Crippen LogP contribution in [0.15, 0.2) is 0 Å². The van der Waals surface area contributed by atoms with Gasteiger partial charge in [0, 0.05) is 32.2 Å². The third-order valence-electron chi connectivity index (χ3n) is 3.01. The minimum absolute atomic E-state index is 0.00292. The van der Waals surface area contributed by atoms with Crippen molar-refractivity contribution >= 4 is 15.9 Å². The first kappa shape index (κ1) is 17.4. The van der Waals surface area contributed by atoms with Gasteiger partial charge >= 0.3 is 0 Å². The molecule has 0 aromatic heterocycles. The first-order valence-electron chi connectivity index (χ1n) is 6.83. The van der Waals surface area contributed by atoms with Crippen LogP contribution in [0.2, 0.25) is 0 Å². The minimum atomic E-state index is -3.38. The van der Waals surface area contributed by atoms with Gasteiger partial charge in [0.15, 0.2) is 0 Å². The maximum atomic E-state index is 11.7. The monoisotopic (exact) mass is 307 g/mol. The summed E-state index contributed by atoms with van der Waals surface area (Å²) in [6, 6.07) is 0.00292. The highest BCUT2D eigenvalue weighted by Crippen LogP contribution is 2.01. The van der Waals surface area contributed by atoms with Gasteiger partial charge in [0.1, 0.15) is 0 Å². The molecule has 1 aliphatic rings. The van der Waals surface area contributed by atoms with Crippen molar-refractivity contribution in [2.75, 3.05) is 52.2 Å². The second-order valence-electron chi connectivity index (χ2n) is 5.27. The molecule has 0 spiro atoms. The summed E-state index contributed by atoms with van der Waals surface area (Å²) in [5, 5.41) is 2.70. The van der Waals surface area contributed by atoms with Crippen LogP contribution < -0.4 is 5.32 Å². The Balaban J connectivity index is 2.49. The minimum Gasteiger partial charge on any atom is -0.379 e. The number of carbonyl (C=O) groups is 1. The molecule has 7 nitrogen and oxygen atoms in total. The fourth-order valence-corrected chi connectivity index (χ4v) is 2.73. The lowest BCUT2D eigenvalue weighted by molar-refractivity contribution is -0.121. The maximum Gasteiger partial charge on any atom is 0.235 e. The molecule has 0 aliphatic carbocycles. The molecule has 1 rings (SSSR count). The first-order valence-corrected chi connectivity index (χ1v) is 8.68. The van der Waals surface area contributed by atoms with Crippen LogP contribution in [0.5, 0.6) is 0 Å². The Labute approximate surface area is 121 Å². The van der Waals surface area contributed by atoms with E-state index in [1.807, 2.05) is 13.8 Å². The molecule has 118 valence electrons. The van der Waals surface area contributed by atoms with E-state index in [2.05, 4.69) is 10.2 Å². The normalized spacial score (nSPS) is 17.6. The molecule has 8 heteroatoms. The number of hydrogen-bond acceptors (Lipinski definition) is 5. The lowest BCUT2D eigenvalue weighted by Crippen LogP contribution is -2.46. The number of amides is 1. The van der Waals surface area contributed by atoms with E-state index in [4.69, 9.17) is 4.74 Å². The number of rotatable bonds is 7. The zero-order chi connectivity index (χ0) is 15.2. The van der Waals surface area contributed by atoms with Crippen LogP contribution in [0.3, 0.4) is 0 Å². The molecule has 20 heavy (non-hydrogen) atoms. The Morgan fingerprint density at radius 1 is 1.35 bits per heavy atom. The van der Waals surface area contributed by atoms with E-state index < -0.39 is 10.0 Å². The highest BCUT2D eigenvalue weighted by molar-refractivity contribution is 7.88. The summed E-state index contributed by atoms with van der Waals surface area (Å²) in [5.74, 6) is -0.271. The number of nitrogens with zero attached hydrogens (tertiary/aromatic N) is 2. The Kier molecular flexibility index (Phi) is 6.87. The van der Waals surface area contributed by atoms with Crippen molar-refractivity contribution in [1.29, 1.82) is 0 Å². The van der Waals surface area contributed by atoms with Gasteiger partial charge in [-0.2, -0.15) is 4.31 Å². The molecule has 0 bridgehead atoms. The third kappa shape index (κ3) is 6.65. The largest absolute Gasteiger partial charge is 0.379 e. The SMILES string of the molecule is CC(C)NC(=O)CN(CCN1CCOCC1)S(C)(=O)=O. The zero-order valence-electron chi connectivity index (χ0n) is 12.5. The Morgan fingerprint density at radius 2 is 1.95 bits per heavy atom. The summed E-state index contributed by atoms with van der Waals surface area (Å²) < 4.78 is 29.9. The van der Waals surface area contributed by atoms with Crippen molar-refractivity contribution in [2.24, 2.45) is 0 Å². The molecule has 1 saturated heterocycles. The van der Waals surface area contributed by atoms with E-state index in [-0.39, 0.29) is 18.5 Å². The molecule has 1 heterocycles. The van der Waals surface area contributed by atoms with E-state index >= 15 is 0 Å². The topological polar surface area (TPSA) is 79.0 Å². The van der Waals surface area contributed by atoms with E-state index in [1.54, 1.807) is 0 Å². The fraction of sp³-hybridized carbons (Fsp3) is 0.917. The summed E-state index contributed by atoms with van der Waals surface area (Å²) in [6.45, 7) is 7.45. The Bertz CT molecular complexity index is 405. The number of carbonyl (C=O) groups excluding carboxylic acids is 1. The van der Waals surface area contributed by atoms with Crippen molar-refractivity contribution < 1.29 is 17.9 Å². The predicted molar refractivity (Wildman–Crippen MR) is 77.0 cm³/mol. The molecular weight excluding hydrogens is 282 g/mol. The molecule has 1 amide bonds. The first-order chi connectivity index (χ1) is 9.29. The molecule has 1 fully saturated rings. The lowest BCUT2D eigenvalue weighted by Gasteiger charge is -2.29. The average molecular weight is 307 g/mol. The van der Waals surface area contributed by atoms with Crippen LogP contribution in [0.1, 0.15) is 13.8 Å². The molecule has 0 aromatic carbocycles. The van der Waals surface area contributed by atoms with Gasteiger partial charge in [0.25, 0.3) is 0 Å². The van der Waals surface area contributed by atoms with E-state index in [0.717, 1.165) is 19.3 Å². The van der Waals surface area contributed by atoms with Crippen LogP contribution in [0, 0.1) is 0 Å². The second kappa shape index (κ2) is 7.92. The summed E-state index contributed by atoms with van der Waals surface area (Å²) in [7, 11) is -3.38. The number of hydrogen-bond donors (Lipinski definition) is 1. The van der Waals surface area contributed by atoms with Gasteiger partial charge in [0.2, 0.25) is 15.9 Å². The highest BCUT2D eigenvalue weighted by Gasteiger charge is 2.21. The third-order valence-corrected chi connectivity index (χ3v) is 4.26. The molecule has 0 unspecified atom stereocenters. The summed E-state index contributed by atoms with van der Waals surface area (Å²) >= 11 is 0. The van der Waals surface area contributed by atoms with E-state index in [0.29, 0.717) is 26.3 Å². The van der Waals surface area contributed by atoms with Crippen LogP contribution in [-0.2, 0) is 19.6 Å². The lowest BCUT2D eigenvalue weighted by atomic mass is 10.4. The maximum absolute atomic E-state index is 11.7. The van der Waals surface area contributed by atoms with Gasteiger partial charge in [-0.3, -0.25) is 9.69 Å². The van der Waals surface area contributed by atoms with Gasteiger partial charge in [-0.1, -0.05) is 0 Å². The van der Waals surface area contributed by atoms with Crippen molar-refractivity contribution in [3.05, 3.63) is 0 Å². The zero-order valence-corrected chi connectivity index (χ0v) is 13.3. The van der Waals surface area contributed by atoms with Gasteiger partial charge in [0.05, 0.1) is 26.0 Å². The van der Waals surface area contributed by atoms with Crippen molar-refractivity contribution in [2.45, 2.75) is 19.9 Å². The predicted octanol–water partition coefficient (Wildman–Crippen LogP) is -0.895. The average Bonchev–Trinajstić information content (AvgIpc) is 2.33. The number of morpholine rings is 1. The quantitative estimate of drug-likeness (QED) is 0.660. The smallest absolute Gasteiger partial charge is 0.235 e. The molecule has 0 aromatic rings. The summed E-state index contributed by atoms with van der Waals surface area (Å²) in [6.07, 6.45) is 1.13. The Hall–Kier alpha value is -0.700. The van der Waals surface area contributed by atoms with Crippen molar-refractivity contribution in [1.82, 2.24) is 14.5 Å². The fourth-order valence-electron chi connectivity index (χ4n) is 1.97. The molecule has 0 saturated carbocycles. The van der Waals surface area contributed by atoms with E-state index in [9.17, 15) is 13.2 Å². The van der Waals surface area contributed by atoms with Crippen molar-refractivity contribution in [3.63, 3.8) is 0 Å². The molecule has 1 N–H and O–H groups in total. The van der Waals surface area contributed by atoms with Crippen LogP contribution in [-0.4, -0.2) is 81.8 Å².